The van der Waals surface area contributed by atoms with Crippen LogP contribution < -0.4 is 5.73 Å². The molecule has 0 aromatic heterocycles. The van der Waals surface area contributed by atoms with Crippen LogP contribution in [0.15, 0.2) is 24.3 Å². The van der Waals surface area contributed by atoms with E-state index >= 15 is 0 Å². The van der Waals surface area contributed by atoms with Crippen molar-refractivity contribution in [2.24, 2.45) is 11.7 Å². The lowest BCUT2D eigenvalue weighted by atomic mass is 9.68. The van der Waals surface area contributed by atoms with E-state index < -0.39 is 0 Å². The van der Waals surface area contributed by atoms with Gasteiger partial charge >= 0.3 is 0 Å². The Labute approximate surface area is 99.0 Å². The number of hydrogen-bond acceptors (Lipinski definition) is 1. The van der Waals surface area contributed by atoms with Crippen LogP contribution >= 0.6 is 0 Å². The van der Waals surface area contributed by atoms with Crippen molar-refractivity contribution in [3.05, 3.63) is 35.4 Å². The fourth-order valence-corrected chi connectivity index (χ4v) is 3.34. The first-order chi connectivity index (χ1) is 7.72. The van der Waals surface area contributed by atoms with E-state index in [0.717, 1.165) is 6.42 Å². The largest absolute Gasteiger partial charge is 0.321 e. The van der Waals surface area contributed by atoms with Crippen LogP contribution in [-0.2, 0) is 12.0 Å². The molecular formula is C15H23N. The van der Waals surface area contributed by atoms with Gasteiger partial charge in [0, 0.05) is 5.54 Å². The fraction of sp³-hybridized carbons (Fsp3) is 0.600. The molecule has 1 aliphatic carbocycles. The highest BCUT2D eigenvalue weighted by Gasteiger charge is 2.37. The number of fused-ring (bicyclic) bond motifs is 1. The molecule has 88 valence electrons. The second-order valence-electron chi connectivity index (χ2n) is 5.06. The minimum Gasteiger partial charge on any atom is -0.321 e. The first kappa shape index (κ1) is 11.7. The zero-order valence-electron chi connectivity index (χ0n) is 10.5. The van der Waals surface area contributed by atoms with Crippen LogP contribution in [0.3, 0.4) is 0 Å². The van der Waals surface area contributed by atoms with Gasteiger partial charge in [-0.1, -0.05) is 51.0 Å². The first-order valence-electron chi connectivity index (χ1n) is 6.59. The van der Waals surface area contributed by atoms with Crippen molar-refractivity contribution in [2.45, 2.75) is 51.5 Å². The summed E-state index contributed by atoms with van der Waals surface area (Å²) < 4.78 is 0. The van der Waals surface area contributed by atoms with Crippen LogP contribution in [0.2, 0.25) is 0 Å². The van der Waals surface area contributed by atoms with Crippen LogP contribution in [0.4, 0.5) is 0 Å². The average Bonchev–Trinajstić information content (AvgIpc) is 2.31. The third kappa shape index (κ3) is 1.78. The van der Waals surface area contributed by atoms with E-state index in [-0.39, 0.29) is 5.54 Å². The molecule has 0 aliphatic heterocycles. The van der Waals surface area contributed by atoms with E-state index in [1.165, 1.54) is 36.8 Å². The Morgan fingerprint density at radius 3 is 2.62 bits per heavy atom. The molecular weight excluding hydrogens is 194 g/mol. The van der Waals surface area contributed by atoms with Gasteiger partial charge in [0.1, 0.15) is 0 Å². The number of hydrogen-bond donors (Lipinski definition) is 1. The predicted molar refractivity (Wildman–Crippen MR) is 69.3 cm³/mol. The Balaban J connectivity index is 2.43. The van der Waals surface area contributed by atoms with E-state index in [9.17, 15) is 0 Å². The van der Waals surface area contributed by atoms with Crippen molar-refractivity contribution in [1.82, 2.24) is 0 Å². The monoisotopic (exact) mass is 217 g/mol. The van der Waals surface area contributed by atoms with Crippen LogP contribution in [0, 0.1) is 5.92 Å². The average molecular weight is 217 g/mol. The number of aryl methyl sites for hydroxylation is 1. The standard InChI is InChI=1S/C15H23N/c1-3-13(4-2)15(16)11-7-9-12-8-5-6-10-14(12)15/h5-6,8,10,13H,3-4,7,9,11,16H2,1-2H3. The maximum atomic E-state index is 6.74. The molecule has 1 unspecified atom stereocenters. The van der Waals surface area contributed by atoms with E-state index in [2.05, 4.69) is 38.1 Å². The highest BCUT2D eigenvalue weighted by molar-refractivity contribution is 5.36. The summed E-state index contributed by atoms with van der Waals surface area (Å²) in [5.41, 5.74) is 9.55. The molecule has 1 heteroatoms. The molecule has 0 amide bonds. The molecule has 0 bridgehead atoms. The molecule has 1 nitrogen and oxygen atoms in total. The normalized spacial score (nSPS) is 24.5. The van der Waals surface area contributed by atoms with E-state index in [1.54, 1.807) is 0 Å². The van der Waals surface area contributed by atoms with Gasteiger partial charge in [-0.05, 0) is 36.3 Å². The van der Waals surface area contributed by atoms with Crippen molar-refractivity contribution in [3.63, 3.8) is 0 Å². The quantitative estimate of drug-likeness (QED) is 0.822. The highest BCUT2D eigenvalue weighted by atomic mass is 14.8. The lowest BCUT2D eigenvalue weighted by Gasteiger charge is -2.41. The van der Waals surface area contributed by atoms with Gasteiger partial charge in [-0.2, -0.15) is 0 Å². The lowest BCUT2D eigenvalue weighted by Crippen LogP contribution is -2.46. The van der Waals surface area contributed by atoms with Crippen molar-refractivity contribution >= 4 is 0 Å². The molecule has 1 atom stereocenters. The summed E-state index contributed by atoms with van der Waals surface area (Å²) in [6, 6.07) is 8.76. The zero-order chi connectivity index (χ0) is 11.6. The Bertz CT molecular complexity index is 354. The summed E-state index contributed by atoms with van der Waals surface area (Å²) in [7, 11) is 0. The van der Waals surface area contributed by atoms with Gasteiger partial charge in [-0.3, -0.25) is 0 Å². The van der Waals surface area contributed by atoms with Crippen molar-refractivity contribution in [3.8, 4) is 0 Å². The Morgan fingerprint density at radius 2 is 1.94 bits per heavy atom. The second kappa shape index (κ2) is 4.58. The van der Waals surface area contributed by atoms with Gasteiger partial charge in [0.25, 0.3) is 0 Å². The molecule has 16 heavy (non-hydrogen) atoms. The predicted octanol–water partition coefficient (Wildman–Crippen LogP) is 3.61. The van der Waals surface area contributed by atoms with Crippen LogP contribution in [-0.4, -0.2) is 0 Å². The Kier molecular flexibility index (Phi) is 3.34. The topological polar surface area (TPSA) is 26.0 Å². The number of nitrogens with two attached hydrogens (primary N) is 1. The van der Waals surface area contributed by atoms with Crippen LogP contribution in [0.5, 0.6) is 0 Å². The molecule has 0 spiro atoms. The maximum absolute atomic E-state index is 6.74. The summed E-state index contributed by atoms with van der Waals surface area (Å²) in [5, 5.41) is 0. The molecule has 1 aromatic rings. The molecule has 1 aromatic carbocycles. The molecule has 0 saturated carbocycles. The fourth-order valence-electron chi connectivity index (χ4n) is 3.34. The minimum atomic E-state index is -0.0711. The summed E-state index contributed by atoms with van der Waals surface area (Å²) in [6.07, 6.45) is 5.96. The maximum Gasteiger partial charge on any atom is 0.0440 e. The zero-order valence-corrected chi connectivity index (χ0v) is 10.5. The van der Waals surface area contributed by atoms with Gasteiger partial charge in [0.05, 0.1) is 0 Å². The van der Waals surface area contributed by atoms with Gasteiger partial charge in [0.15, 0.2) is 0 Å². The summed E-state index contributed by atoms with van der Waals surface area (Å²) in [6.45, 7) is 4.53. The van der Waals surface area contributed by atoms with E-state index in [0.29, 0.717) is 5.92 Å². The molecule has 0 heterocycles. The van der Waals surface area contributed by atoms with Crippen molar-refractivity contribution in [1.29, 1.82) is 0 Å². The second-order valence-corrected chi connectivity index (χ2v) is 5.06. The smallest absolute Gasteiger partial charge is 0.0440 e. The van der Waals surface area contributed by atoms with E-state index in [1.807, 2.05) is 0 Å². The molecule has 2 N–H and O–H groups in total. The Morgan fingerprint density at radius 1 is 1.25 bits per heavy atom. The van der Waals surface area contributed by atoms with Crippen LogP contribution in [0.25, 0.3) is 0 Å². The van der Waals surface area contributed by atoms with E-state index in [4.69, 9.17) is 5.73 Å². The highest BCUT2D eigenvalue weighted by Crippen LogP contribution is 2.41. The molecule has 2 rings (SSSR count). The Hall–Kier alpha value is -0.820. The minimum absolute atomic E-state index is 0.0711. The first-order valence-corrected chi connectivity index (χ1v) is 6.59. The van der Waals surface area contributed by atoms with Gasteiger partial charge in [-0.25, -0.2) is 0 Å². The lowest BCUT2D eigenvalue weighted by molar-refractivity contribution is 0.223. The summed E-state index contributed by atoms with van der Waals surface area (Å²) in [5.74, 6) is 0.619. The van der Waals surface area contributed by atoms with Gasteiger partial charge in [-0.15, -0.1) is 0 Å². The third-order valence-electron chi connectivity index (χ3n) is 4.27. The summed E-state index contributed by atoms with van der Waals surface area (Å²) >= 11 is 0. The molecule has 1 aliphatic rings. The van der Waals surface area contributed by atoms with Gasteiger partial charge in [0.2, 0.25) is 0 Å². The van der Waals surface area contributed by atoms with Crippen molar-refractivity contribution in [2.75, 3.05) is 0 Å². The van der Waals surface area contributed by atoms with Crippen molar-refractivity contribution < 1.29 is 0 Å². The number of benzene rings is 1. The third-order valence-corrected chi connectivity index (χ3v) is 4.27. The summed E-state index contributed by atoms with van der Waals surface area (Å²) in [4.78, 5) is 0. The SMILES string of the molecule is CCC(CC)C1(N)CCCc2ccccc21. The number of rotatable bonds is 3. The van der Waals surface area contributed by atoms with Gasteiger partial charge < -0.3 is 5.73 Å². The molecule has 0 saturated heterocycles. The van der Waals surface area contributed by atoms with Crippen LogP contribution in [0.1, 0.15) is 50.7 Å². The molecule has 0 radical (unpaired) electrons. The molecule has 0 fully saturated rings.